The third kappa shape index (κ3) is 4.82. The highest BCUT2D eigenvalue weighted by Gasteiger charge is 2.13. The fraction of sp³-hybridized carbons (Fsp3) is 0.667. The lowest BCUT2D eigenvalue weighted by Gasteiger charge is -2.25. The van der Waals surface area contributed by atoms with Crippen LogP contribution in [0.5, 0.6) is 0 Å². The molecule has 1 heterocycles. The van der Waals surface area contributed by atoms with Crippen molar-refractivity contribution in [2.24, 2.45) is 5.92 Å². The fourth-order valence-corrected chi connectivity index (χ4v) is 2.94. The van der Waals surface area contributed by atoms with Gasteiger partial charge in [-0.15, -0.1) is 0 Å². The summed E-state index contributed by atoms with van der Waals surface area (Å²) in [4.78, 5) is 2.60. The third-order valence-corrected chi connectivity index (χ3v) is 4.04. The maximum absolute atomic E-state index is 3.54. The first kappa shape index (κ1) is 15.4. The molecule has 0 bridgehead atoms. The van der Waals surface area contributed by atoms with Crippen molar-refractivity contribution in [3.8, 4) is 0 Å². The number of rotatable bonds is 7. The predicted octanol–water partition coefficient (Wildman–Crippen LogP) is 3.86. The van der Waals surface area contributed by atoms with Crippen LogP contribution in [0.3, 0.4) is 0 Å². The van der Waals surface area contributed by atoms with E-state index in [0.29, 0.717) is 0 Å². The van der Waals surface area contributed by atoms with E-state index < -0.39 is 0 Å². The van der Waals surface area contributed by atoms with Crippen LogP contribution >= 0.6 is 0 Å². The highest BCUT2D eigenvalue weighted by Crippen LogP contribution is 2.26. The molecule has 0 saturated heterocycles. The molecule has 2 nitrogen and oxygen atoms in total. The molecular formula is C18H30N2. The van der Waals surface area contributed by atoms with Crippen LogP contribution in [0.2, 0.25) is 0 Å². The Morgan fingerprint density at radius 1 is 1.15 bits per heavy atom. The number of para-hydroxylation sites is 1. The van der Waals surface area contributed by atoms with Crippen molar-refractivity contribution in [1.82, 2.24) is 5.32 Å². The number of hydrogen-bond acceptors (Lipinski definition) is 2. The molecule has 1 aromatic rings. The van der Waals surface area contributed by atoms with E-state index in [1.807, 2.05) is 0 Å². The summed E-state index contributed by atoms with van der Waals surface area (Å²) in [6.07, 6.45) is 6.50. The Balaban J connectivity index is 1.75. The number of nitrogens with one attached hydrogen (secondary N) is 1. The van der Waals surface area contributed by atoms with Gasteiger partial charge in [0, 0.05) is 18.8 Å². The van der Waals surface area contributed by atoms with Crippen molar-refractivity contribution in [2.75, 3.05) is 31.1 Å². The molecular weight excluding hydrogens is 244 g/mol. The second-order valence-electron chi connectivity index (χ2n) is 6.38. The zero-order chi connectivity index (χ0) is 14.2. The van der Waals surface area contributed by atoms with Crippen LogP contribution in [0, 0.1) is 5.92 Å². The molecule has 20 heavy (non-hydrogen) atoms. The van der Waals surface area contributed by atoms with Crippen LogP contribution in [0.15, 0.2) is 24.3 Å². The minimum absolute atomic E-state index is 0.757. The molecule has 0 aliphatic carbocycles. The summed E-state index contributed by atoms with van der Waals surface area (Å²) in [7, 11) is 0. The number of anilines is 1. The van der Waals surface area contributed by atoms with Crippen molar-refractivity contribution >= 4 is 5.69 Å². The third-order valence-electron chi connectivity index (χ3n) is 4.04. The van der Waals surface area contributed by atoms with E-state index in [0.717, 1.165) is 19.0 Å². The molecule has 0 atom stereocenters. The van der Waals surface area contributed by atoms with Gasteiger partial charge in [-0.3, -0.25) is 0 Å². The van der Waals surface area contributed by atoms with Gasteiger partial charge in [0.05, 0.1) is 0 Å². The smallest absolute Gasteiger partial charge is 0.0398 e. The second-order valence-corrected chi connectivity index (χ2v) is 6.38. The van der Waals surface area contributed by atoms with Gasteiger partial charge in [-0.2, -0.15) is 0 Å². The standard InChI is InChI=1S/C18H30N2/c1-16(2)15-19-12-6-8-14-20-13-7-5-10-17-9-3-4-11-18(17)20/h3-4,9,11,16,19H,5-8,10,12-15H2,1-2H3. The van der Waals surface area contributed by atoms with Crippen LogP contribution in [0.1, 0.15) is 45.1 Å². The number of benzene rings is 1. The molecule has 0 fully saturated rings. The van der Waals surface area contributed by atoms with Crippen LogP contribution < -0.4 is 10.2 Å². The first-order valence-electron chi connectivity index (χ1n) is 8.31. The summed E-state index contributed by atoms with van der Waals surface area (Å²) in [6, 6.07) is 8.97. The average molecular weight is 274 g/mol. The SMILES string of the molecule is CC(C)CNCCCCN1CCCCc2ccccc21. The van der Waals surface area contributed by atoms with Gasteiger partial charge in [0.25, 0.3) is 0 Å². The zero-order valence-electron chi connectivity index (χ0n) is 13.2. The van der Waals surface area contributed by atoms with Gasteiger partial charge in [0.2, 0.25) is 0 Å². The number of aryl methyl sites for hydroxylation is 1. The van der Waals surface area contributed by atoms with Crippen LogP contribution in [-0.2, 0) is 6.42 Å². The molecule has 1 N–H and O–H groups in total. The molecule has 0 aromatic heterocycles. The first-order chi connectivity index (χ1) is 9.77. The molecule has 2 heteroatoms. The minimum atomic E-state index is 0.757. The zero-order valence-corrected chi connectivity index (χ0v) is 13.2. The predicted molar refractivity (Wildman–Crippen MR) is 88.5 cm³/mol. The lowest BCUT2D eigenvalue weighted by Crippen LogP contribution is -2.26. The lowest BCUT2D eigenvalue weighted by atomic mass is 10.1. The Kier molecular flexibility index (Phi) is 6.38. The summed E-state index contributed by atoms with van der Waals surface area (Å²) in [5.41, 5.74) is 3.03. The van der Waals surface area contributed by atoms with Gasteiger partial charge >= 0.3 is 0 Å². The Labute approximate surface area is 124 Å². The minimum Gasteiger partial charge on any atom is -0.371 e. The molecule has 0 spiro atoms. The molecule has 0 unspecified atom stereocenters. The fourth-order valence-electron chi connectivity index (χ4n) is 2.94. The average Bonchev–Trinajstić information content (AvgIpc) is 2.65. The topological polar surface area (TPSA) is 15.3 Å². The Morgan fingerprint density at radius 3 is 2.85 bits per heavy atom. The Morgan fingerprint density at radius 2 is 2.00 bits per heavy atom. The monoisotopic (exact) mass is 274 g/mol. The first-order valence-corrected chi connectivity index (χ1v) is 8.31. The molecule has 1 aromatic carbocycles. The normalized spacial score (nSPS) is 15.2. The van der Waals surface area contributed by atoms with Gasteiger partial charge < -0.3 is 10.2 Å². The molecule has 1 aliphatic heterocycles. The number of fused-ring (bicyclic) bond motifs is 1. The van der Waals surface area contributed by atoms with Crippen LogP contribution in [-0.4, -0.2) is 26.2 Å². The summed E-state index contributed by atoms with van der Waals surface area (Å²) in [5.74, 6) is 0.757. The van der Waals surface area contributed by atoms with E-state index >= 15 is 0 Å². The number of nitrogens with zero attached hydrogens (tertiary/aromatic N) is 1. The summed E-state index contributed by atoms with van der Waals surface area (Å²) in [5, 5.41) is 3.54. The van der Waals surface area contributed by atoms with Gasteiger partial charge in [-0.05, 0) is 62.7 Å². The maximum Gasteiger partial charge on any atom is 0.0398 e. The highest BCUT2D eigenvalue weighted by molar-refractivity contribution is 5.54. The highest BCUT2D eigenvalue weighted by atomic mass is 15.1. The summed E-state index contributed by atoms with van der Waals surface area (Å²) >= 11 is 0. The maximum atomic E-state index is 3.54. The Bertz CT molecular complexity index is 387. The molecule has 0 radical (unpaired) electrons. The van der Waals surface area contributed by atoms with E-state index in [4.69, 9.17) is 0 Å². The van der Waals surface area contributed by atoms with Gasteiger partial charge in [0.1, 0.15) is 0 Å². The van der Waals surface area contributed by atoms with E-state index in [9.17, 15) is 0 Å². The molecule has 112 valence electrons. The number of hydrogen-bond donors (Lipinski definition) is 1. The van der Waals surface area contributed by atoms with E-state index in [1.165, 1.54) is 50.9 Å². The largest absolute Gasteiger partial charge is 0.371 e. The second kappa shape index (κ2) is 8.31. The van der Waals surface area contributed by atoms with Gasteiger partial charge in [-0.25, -0.2) is 0 Å². The summed E-state index contributed by atoms with van der Waals surface area (Å²) < 4.78 is 0. The van der Waals surface area contributed by atoms with Crippen molar-refractivity contribution in [3.05, 3.63) is 29.8 Å². The molecule has 1 aliphatic rings. The quantitative estimate of drug-likeness (QED) is 0.760. The van der Waals surface area contributed by atoms with Crippen LogP contribution in [0.25, 0.3) is 0 Å². The molecule has 2 rings (SSSR count). The lowest BCUT2D eigenvalue weighted by molar-refractivity contribution is 0.533. The van der Waals surface area contributed by atoms with Crippen molar-refractivity contribution in [2.45, 2.75) is 46.0 Å². The van der Waals surface area contributed by atoms with Crippen molar-refractivity contribution in [3.63, 3.8) is 0 Å². The number of unbranched alkanes of at least 4 members (excludes halogenated alkanes) is 1. The van der Waals surface area contributed by atoms with E-state index in [1.54, 1.807) is 5.56 Å². The van der Waals surface area contributed by atoms with E-state index in [2.05, 4.69) is 48.3 Å². The van der Waals surface area contributed by atoms with Gasteiger partial charge in [0.15, 0.2) is 0 Å². The Hall–Kier alpha value is -1.02. The molecule has 0 amide bonds. The van der Waals surface area contributed by atoms with Crippen molar-refractivity contribution in [1.29, 1.82) is 0 Å². The van der Waals surface area contributed by atoms with E-state index in [-0.39, 0.29) is 0 Å². The van der Waals surface area contributed by atoms with Gasteiger partial charge in [-0.1, -0.05) is 32.0 Å². The van der Waals surface area contributed by atoms with Crippen LogP contribution in [0.4, 0.5) is 5.69 Å². The van der Waals surface area contributed by atoms with Crippen molar-refractivity contribution < 1.29 is 0 Å². The molecule has 0 saturated carbocycles. The summed E-state index contributed by atoms with van der Waals surface area (Å²) in [6.45, 7) is 9.28.